The topological polar surface area (TPSA) is 66.4 Å². The van der Waals surface area contributed by atoms with Crippen LogP contribution in [0.25, 0.3) is 0 Å². The van der Waals surface area contributed by atoms with Gasteiger partial charge in [-0.05, 0) is 19.3 Å². The van der Waals surface area contributed by atoms with Gasteiger partial charge in [0.2, 0.25) is 5.91 Å². The Labute approximate surface area is 96.2 Å². The van der Waals surface area contributed by atoms with E-state index < -0.39 is 35.9 Å². The van der Waals surface area contributed by atoms with Gasteiger partial charge in [0, 0.05) is 6.42 Å². The molecule has 2 N–H and O–H groups in total. The summed E-state index contributed by atoms with van der Waals surface area (Å²) in [7, 11) is 0. The van der Waals surface area contributed by atoms with E-state index >= 15 is 0 Å². The Morgan fingerprint density at radius 3 is 2.24 bits per heavy atom. The second-order valence-corrected chi connectivity index (χ2v) is 4.32. The number of alkyl halides is 3. The molecule has 1 fully saturated rings. The Bertz CT molecular complexity index is 323. The summed E-state index contributed by atoms with van der Waals surface area (Å²) >= 11 is 0. The van der Waals surface area contributed by atoms with Crippen LogP contribution in [0, 0.1) is 5.41 Å². The molecule has 0 heterocycles. The zero-order valence-electron chi connectivity index (χ0n) is 9.30. The Morgan fingerprint density at radius 1 is 1.41 bits per heavy atom. The number of carboxylic acid groups (broad SMARTS) is 1. The van der Waals surface area contributed by atoms with Crippen LogP contribution in [0.2, 0.25) is 0 Å². The fourth-order valence-corrected chi connectivity index (χ4v) is 1.60. The maximum absolute atomic E-state index is 12.5. The SMILES string of the molecule is CCC(NC(=O)CC1(C(F)(F)F)CC1)C(=O)O. The molecule has 4 nitrogen and oxygen atoms in total. The smallest absolute Gasteiger partial charge is 0.395 e. The monoisotopic (exact) mass is 253 g/mol. The van der Waals surface area contributed by atoms with Crippen molar-refractivity contribution in [3.8, 4) is 0 Å². The standard InChI is InChI=1S/C10H14F3NO3/c1-2-6(8(16)17)14-7(15)5-9(3-4-9)10(11,12)13/h6H,2-5H2,1H3,(H,14,15)(H,16,17). The highest BCUT2D eigenvalue weighted by molar-refractivity contribution is 5.84. The molecule has 1 atom stereocenters. The first-order valence-electron chi connectivity index (χ1n) is 5.31. The number of hydrogen-bond donors (Lipinski definition) is 2. The van der Waals surface area contributed by atoms with E-state index in [0.29, 0.717) is 0 Å². The Morgan fingerprint density at radius 2 is 1.94 bits per heavy atom. The molecule has 17 heavy (non-hydrogen) atoms. The molecule has 0 spiro atoms. The first kappa shape index (κ1) is 13.8. The Balaban J connectivity index is 2.54. The van der Waals surface area contributed by atoms with Gasteiger partial charge in [-0.3, -0.25) is 4.79 Å². The van der Waals surface area contributed by atoms with E-state index in [0.717, 1.165) is 0 Å². The second kappa shape index (κ2) is 4.54. The quantitative estimate of drug-likeness (QED) is 0.783. The van der Waals surface area contributed by atoms with Crippen LogP contribution in [0.15, 0.2) is 0 Å². The molecule has 1 saturated carbocycles. The third-order valence-electron chi connectivity index (χ3n) is 3.00. The molecule has 0 aromatic carbocycles. The highest BCUT2D eigenvalue weighted by Gasteiger charge is 2.63. The summed E-state index contributed by atoms with van der Waals surface area (Å²) in [6.07, 6.45) is -5.06. The molecule has 0 saturated heterocycles. The predicted octanol–water partition coefficient (Wildman–Crippen LogP) is 1.70. The second-order valence-electron chi connectivity index (χ2n) is 4.32. The summed E-state index contributed by atoms with van der Waals surface area (Å²) in [6.45, 7) is 1.54. The van der Waals surface area contributed by atoms with Gasteiger partial charge in [-0.1, -0.05) is 6.92 Å². The number of carbonyl (C=O) groups is 2. The summed E-state index contributed by atoms with van der Waals surface area (Å²) in [4.78, 5) is 22.0. The van der Waals surface area contributed by atoms with Crippen molar-refractivity contribution >= 4 is 11.9 Å². The van der Waals surface area contributed by atoms with Crippen molar-refractivity contribution < 1.29 is 27.9 Å². The van der Waals surface area contributed by atoms with E-state index in [2.05, 4.69) is 5.32 Å². The lowest BCUT2D eigenvalue weighted by molar-refractivity contribution is -0.190. The van der Waals surface area contributed by atoms with Gasteiger partial charge in [-0.15, -0.1) is 0 Å². The third kappa shape index (κ3) is 3.10. The van der Waals surface area contributed by atoms with Gasteiger partial charge in [-0.25, -0.2) is 4.79 Å². The number of rotatable bonds is 5. The maximum atomic E-state index is 12.5. The van der Waals surface area contributed by atoms with Crippen molar-refractivity contribution in [2.75, 3.05) is 0 Å². The fourth-order valence-electron chi connectivity index (χ4n) is 1.60. The minimum Gasteiger partial charge on any atom is -0.480 e. The maximum Gasteiger partial charge on any atom is 0.395 e. The molecular formula is C10H14F3NO3. The van der Waals surface area contributed by atoms with Gasteiger partial charge in [0.05, 0.1) is 5.41 Å². The van der Waals surface area contributed by atoms with Crippen LogP contribution in [0.1, 0.15) is 32.6 Å². The Kier molecular flexibility index (Phi) is 3.68. The lowest BCUT2D eigenvalue weighted by atomic mass is 10.0. The molecule has 7 heteroatoms. The molecule has 0 aliphatic heterocycles. The van der Waals surface area contributed by atoms with Gasteiger partial charge in [0.15, 0.2) is 0 Å². The largest absolute Gasteiger partial charge is 0.480 e. The highest BCUT2D eigenvalue weighted by Crippen LogP contribution is 2.59. The molecule has 1 amide bonds. The molecule has 98 valence electrons. The molecule has 1 unspecified atom stereocenters. The molecule has 0 aromatic heterocycles. The zero-order chi connectivity index (χ0) is 13.3. The van der Waals surface area contributed by atoms with Crippen molar-refractivity contribution in [1.82, 2.24) is 5.32 Å². The van der Waals surface area contributed by atoms with Gasteiger partial charge in [-0.2, -0.15) is 13.2 Å². The fraction of sp³-hybridized carbons (Fsp3) is 0.800. The summed E-state index contributed by atoms with van der Waals surface area (Å²) in [6, 6.07) is -1.12. The van der Waals surface area contributed by atoms with Crippen molar-refractivity contribution in [2.24, 2.45) is 5.41 Å². The number of carbonyl (C=O) groups excluding carboxylic acids is 1. The number of nitrogens with one attached hydrogen (secondary N) is 1. The van der Waals surface area contributed by atoms with Crippen LogP contribution in [0.5, 0.6) is 0 Å². The zero-order valence-corrected chi connectivity index (χ0v) is 9.30. The summed E-state index contributed by atoms with van der Waals surface area (Å²) in [5.41, 5.74) is -1.92. The molecule has 0 bridgehead atoms. The molecular weight excluding hydrogens is 239 g/mol. The molecule has 1 aliphatic rings. The van der Waals surface area contributed by atoms with Crippen molar-refractivity contribution in [1.29, 1.82) is 0 Å². The molecule has 1 aliphatic carbocycles. The Hall–Kier alpha value is -1.27. The number of hydrogen-bond acceptors (Lipinski definition) is 2. The van der Waals surface area contributed by atoms with Gasteiger partial charge in [0.25, 0.3) is 0 Å². The normalized spacial score (nSPS) is 19.5. The summed E-state index contributed by atoms with van der Waals surface area (Å²) in [5, 5.41) is 10.8. The van der Waals surface area contributed by atoms with Crippen LogP contribution in [-0.2, 0) is 9.59 Å². The lowest BCUT2D eigenvalue weighted by Crippen LogP contribution is -2.42. The van der Waals surface area contributed by atoms with Crippen molar-refractivity contribution in [2.45, 2.75) is 44.8 Å². The van der Waals surface area contributed by atoms with Gasteiger partial charge in [0.1, 0.15) is 6.04 Å². The van der Waals surface area contributed by atoms with E-state index in [9.17, 15) is 22.8 Å². The number of carboxylic acids is 1. The first-order chi connectivity index (χ1) is 7.72. The van der Waals surface area contributed by atoms with Crippen molar-refractivity contribution in [3.63, 3.8) is 0 Å². The minimum absolute atomic E-state index is 0.0617. The van der Waals surface area contributed by atoms with Crippen LogP contribution in [0.4, 0.5) is 13.2 Å². The van der Waals surface area contributed by atoms with Gasteiger partial charge >= 0.3 is 12.1 Å². The van der Waals surface area contributed by atoms with E-state index in [1.165, 1.54) is 6.92 Å². The van der Waals surface area contributed by atoms with E-state index in [1.807, 2.05) is 0 Å². The van der Waals surface area contributed by atoms with E-state index in [1.54, 1.807) is 0 Å². The summed E-state index contributed by atoms with van der Waals surface area (Å²) in [5.74, 6) is -2.09. The number of halogens is 3. The van der Waals surface area contributed by atoms with Gasteiger partial charge < -0.3 is 10.4 Å². The molecule has 1 rings (SSSR count). The first-order valence-corrected chi connectivity index (χ1v) is 5.31. The minimum atomic E-state index is -4.39. The van der Waals surface area contributed by atoms with E-state index in [-0.39, 0.29) is 19.3 Å². The van der Waals surface area contributed by atoms with Crippen LogP contribution < -0.4 is 5.32 Å². The lowest BCUT2D eigenvalue weighted by Gasteiger charge is -2.20. The number of aliphatic carboxylic acids is 1. The van der Waals surface area contributed by atoms with Crippen LogP contribution >= 0.6 is 0 Å². The number of amides is 1. The summed E-state index contributed by atoms with van der Waals surface area (Å²) < 4.78 is 37.6. The predicted molar refractivity (Wildman–Crippen MR) is 52.2 cm³/mol. The van der Waals surface area contributed by atoms with Crippen LogP contribution in [-0.4, -0.2) is 29.2 Å². The average Bonchev–Trinajstić information content (AvgIpc) is 2.93. The highest BCUT2D eigenvalue weighted by atomic mass is 19.4. The van der Waals surface area contributed by atoms with Crippen LogP contribution in [0.3, 0.4) is 0 Å². The molecule has 0 radical (unpaired) electrons. The molecule has 0 aromatic rings. The third-order valence-corrected chi connectivity index (χ3v) is 3.00. The average molecular weight is 253 g/mol. The van der Waals surface area contributed by atoms with E-state index in [4.69, 9.17) is 5.11 Å². The van der Waals surface area contributed by atoms with Crippen molar-refractivity contribution in [3.05, 3.63) is 0 Å².